The molecule has 0 saturated heterocycles. The van der Waals surface area contributed by atoms with Gasteiger partial charge in [-0.25, -0.2) is 4.39 Å². The summed E-state index contributed by atoms with van der Waals surface area (Å²) in [6.07, 6.45) is 0. The van der Waals surface area contributed by atoms with E-state index in [4.69, 9.17) is 4.74 Å². The first kappa shape index (κ1) is 24.4. The molecule has 0 aliphatic heterocycles. The van der Waals surface area contributed by atoms with Crippen LogP contribution in [0.15, 0.2) is 48.5 Å². The Morgan fingerprint density at radius 1 is 1.00 bits per heavy atom. The van der Waals surface area contributed by atoms with Gasteiger partial charge in [0.1, 0.15) is 17.6 Å². The van der Waals surface area contributed by atoms with Crippen molar-refractivity contribution in [2.45, 2.75) is 65.6 Å². The van der Waals surface area contributed by atoms with Crippen LogP contribution in [0.5, 0.6) is 5.75 Å². The van der Waals surface area contributed by atoms with Gasteiger partial charge in [0.05, 0.1) is 0 Å². The highest BCUT2D eigenvalue weighted by Crippen LogP contribution is 2.19. The topological polar surface area (TPSA) is 58.6 Å². The fourth-order valence-electron chi connectivity index (χ4n) is 3.02. The van der Waals surface area contributed by atoms with E-state index in [0.29, 0.717) is 11.7 Å². The fraction of sp³-hybridized carbons (Fsp3) is 0.440. The zero-order valence-corrected chi connectivity index (χ0v) is 19.2. The van der Waals surface area contributed by atoms with Crippen LogP contribution < -0.4 is 10.1 Å². The molecular formula is C25H33FN2O3. The molecule has 31 heavy (non-hydrogen) atoms. The van der Waals surface area contributed by atoms with Gasteiger partial charge in [-0.1, -0.05) is 38.1 Å². The Hall–Kier alpha value is -2.89. The standard InChI is InChI=1S/C25H33FN2O3/c1-17(2)20-9-13-22(14-10-20)31-16-23(29)28(15-19-7-11-21(26)12-8-19)18(3)24(30)27-25(4,5)6/h7-14,17-18H,15-16H2,1-6H3,(H,27,30)/t18-/m0/s1. The molecule has 1 N–H and O–H groups in total. The molecule has 2 rings (SSSR count). The summed E-state index contributed by atoms with van der Waals surface area (Å²) in [5.41, 5.74) is 1.49. The highest BCUT2D eigenvalue weighted by molar-refractivity contribution is 5.88. The van der Waals surface area contributed by atoms with E-state index >= 15 is 0 Å². The predicted molar refractivity (Wildman–Crippen MR) is 120 cm³/mol. The van der Waals surface area contributed by atoms with Crippen molar-refractivity contribution in [1.82, 2.24) is 10.2 Å². The number of hydrogen-bond donors (Lipinski definition) is 1. The number of rotatable bonds is 8. The lowest BCUT2D eigenvalue weighted by Gasteiger charge is -2.31. The van der Waals surface area contributed by atoms with Crippen LogP contribution in [0.25, 0.3) is 0 Å². The fourth-order valence-corrected chi connectivity index (χ4v) is 3.02. The lowest BCUT2D eigenvalue weighted by atomic mass is 10.0. The highest BCUT2D eigenvalue weighted by Gasteiger charge is 2.28. The second-order valence-electron chi connectivity index (χ2n) is 9.08. The van der Waals surface area contributed by atoms with Crippen LogP contribution in [0.2, 0.25) is 0 Å². The molecule has 0 saturated carbocycles. The summed E-state index contributed by atoms with van der Waals surface area (Å²) in [5.74, 6) is 0.0572. The van der Waals surface area contributed by atoms with Gasteiger partial charge < -0.3 is 15.0 Å². The minimum absolute atomic E-state index is 0.174. The SMILES string of the molecule is CC(C)c1ccc(OCC(=O)N(Cc2ccc(F)cc2)[C@@H](C)C(=O)NC(C)(C)C)cc1. The smallest absolute Gasteiger partial charge is 0.261 e. The summed E-state index contributed by atoms with van der Waals surface area (Å²) >= 11 is 0. The minimum Gasteiger partial charge on any atom is -0.484 e. The van der Waals surface area contributed by atoms with Crippen molar-refractivity contribution in [3.8, 4) is 5.75 Å². The van der Waals surface area contributed by atoms with Gasteiger partial charge >= 0.3 is 0 Å². The summed E-state index contributed by atoms with van der Waals surface area (Å²) in [5, 5.41) is 2.91. The van der Waals surface area contributed by atoms with E-state index in [-0.39, 0.29) is 30.8 Å². The van der Waals surface area contributed by atoms with Gasteiger partial charge in [0.25, 0.3) is 5.91 Å². The summed E-state index contributed by atoms with van der Waals surface area (Å²) in [6, 6.07) is 12.8. The minimum atomic E-state index is -0.719. The number of nitrogens with zero attached hydrogens (tertiary/aromatic N) is 1. The second-order valence-corrected chi connectivity index (χ2v) is 9.08. The number of carbonyl (C=O) groups excluding carboxylic acids is 2. The highest BCUT2D eigenvalue weighted by atomic mass is 19.1. The van der Waals surface area contributed by atoms with Crippen LogP contribution in [0, 0.1) is 5.82 Å². The number of halogens is 1. The maximum atomic E-state index is 13.3. The van der Waals surface area contributed by atoms with Gasteiger partial charge in [0, 0.05) is 12.1 Å². The zero-order chi connectivity index (χ0) is 23.2. The van der Waals surface area contributed by atoms with E-state index in [9.17, 15) is 14.0 Å². The molecule has 2 aromatic carbocycles. The molecule has 0 unspecified atom stereocenters. The third-order valence-electron chi connectivity index (χ3n) is 4.84. The van der Waals surface area contributed by atoms with Gasteiger partial charge in [-0.15, -0.1) is 0 Å². The summed E-state index contributed by atoms with van der Waals surface area (Å²) in [7, 11) is 0. The van der Waals surface area contributed by atoms with Crippen molar-refractivity contribution >= 4 is 11.8 Å². The maximum Gasteiger partial charge on any atom is 0.261 e. The Balaban J connectivity index is 2.14. The van der Waals surface area contributed by atoms with E-state index in [1.54, 1.807) is 19.1 Å². The first-order valence-electron chi connectivity index (χ1n) is 10.5. The van der Waals surface area contributed by atoms with Gasteiger partial charge in [-0.05, 0) is 69.0 Å². The van der Waals surface area contributed by atoms with Crippen LogP contribution in [0.3, 0.4) is 0 Å². The van der Waals surface area contributed by atoms with Crippen LogP contribution >= 0.6 is 0 Å². The molecule has 1 atom stereocenters. The molecule has 168 valence electrons. The monoisotopic (exact) mass is 428 g/mol. The molecule has 0 aliphatic carbocycles. The molecule has 2 amide bonds. The largest absolute Gasteiger partial charge is 0.484 e. The quantitative estimate of drug-likeness (QED) is 0.665. The molecule has 0 spiro atoms. The van der Waals surface area contributed by atoms with E-state index in [1.165, 1.54) is 22.6 Å². The van der Waals surface area contributed by atoms with E-state index in [2.05, 4.69) is 19.2 Å². The van der Waals surface area contributed by atoms with Gasteiger partial charge in [0.15, 0.2) is 6.61 Å². The van der Waals surface area contributed by atoms with Crippen molar-refractivity contribution < 1.29 is 18.7 Å². The average Bonchev–Trinajstić information content (AvgIpc) is 2.70. The second kappa shape index (κ2) is 10.4. The van der Waals surface area contributed by atoms with Crippen molar-refractivity contribution in [3.05, 3.63) is 65.5 Å². The van der Waals surface area contributed by atoms with Gasteiger partial charge in [-0.2, -0.15) is 0 Å². The first-order chi connectivity index (χ1) is 14.5. The Morgan fingerprint density at radius 3 is 2.10 bits per heavy atom. The summed E-state index contributed by atoms with van der Waals surface area (Å²) in [6.45, 7) is 11.5. The van der Waals surface area contributed by atoms with E-state index < -0.39 is 11.6 Å². The van der Waals surface area contributed by atoms with Crippen LogP contribution in [0.1, 0.15) is 58.6 Å². The molecule has 0 bridgehead atoms. The normalized spacial score (nSPS) is 12.4. The van der Waals surface area contributed by atoms with Crippen molar-refractivity contribution in [3.63, 3.8) is 0 Å². The molecule has 0 aliphatic rings. The third kappa shape index (κ3) is 7.70. The number of amides is 2. The van der Waals surface area contributed by atoms with Gasteiger partial charge in [0.2, 0.25) is 5.91 Å². The Labute approximate surface area is 184 Å². The summed E-state index contributed by atoms with van der Waals surface area (Å²) < 4.78 is 19.0. The van der Waals surface area contributed by atoms with Crippen molar-refractivity contribution in [1.29, 1.82) is 0 Å². The number of benzene rings is 2. The van der Waals surface area contributed by atoms with Crippen LogP contribution in [-0.4, -0.2) is 34.9 Å². The van der Waals surface area contributed by atoms with Crippen molar-refractivity contribution in [2.75, 3.05) is 6.61 Å². The van der Waals surface area contributed by atoms with Crippen LogP contribution in [-0.2, 0) is 16.1 Å². The third-order valence-corrected chi connectivity index (χ3v) is 4.84. The average molecular weight is 429 g/mol. The molecule has 2 aromatic rings. The van der Waals surface area contributed by atoms with E-state index in [1.807, 2.05) is 45.0 Å². The molecular weight excluding hydrogens is 395 g/mol. The molecule has 5 nitrogen and oxygen atoms in total. The Kier molecular flexibility index (Phi) is 8.20. The zero-order valence-electron chi connectivity index (χ0n) is 19.2. The maximum absolute atomic E-state index is 13.3. The molecule has 0 radical (unpaired) electrons. The predicted octanol–water partition coefficient (Wildman–Crippen LogP) is 4.66. The number of nitrogens with one attached hydrogen (secondary N) is 1. The van der Waals surface area contributed by atoms with Crippen LogP contribution in [0.4, 0.5) is 4.39 Å². The molecule has 6 heteroatoms. The molecule has 0 fully saturated rings. The number of hydrogen-bond acceptors (Lipinski definition) is 3. The number of carbonyl (C=O) groups is 2. The Bertz CT molecular complexity index is 871. The molecule has 0 heterocycles. The first-order valence-corrected chi connectivity index (χ1v) is 10.5. The number of ether oxygens (including phenoxy) is 1. The summed E-state index contributed by atoms with van der Waals surface area (Å²) in [4.78, 5) is 27.2. The van der Waals surface area contributed by atoms with Gasteiger partial charge in [-0.3, -0.25) is 9.59 Å². The van der Waals surface area contributed by atoms with E-state index in [0.717, 1.165) is 5.56 Å². The molecule has 0 aromatic heterocycles. The Morgan fingerprint density at radius 2 is 1.58 bits per heavy atom. The lowest BCUT2D eigenvalue weighted by Crippen LogP contribution is -2.53. The van der Waals surface area contributed by atoms with Crippen molar-refractivity contribution in [2.24, 2.45) is 0 Å². The lowest BCUT2D eigenvalue weighted by molar-refractivity contribution is -0.142.